The Morgan fingerprint density at radius 3 is 1.71 bits per heavy atom. The van der Waals surface area contributed by atoms with E-state index in [0.717, 1.165) is 13.1 Å². The first-order chi connectivity index (χ1) is 11.5. The van der Waals surface area contributed by atoms with Gasteiger partial charge in [0.15, 0.2) is 0 Å². The predicted molar refractivity (Wildman–Crippen MR) is 99.6 cm³/mol. The number of rotatable bonds is 9. The first-order valence-electron chi connectivity index (χ1n) is 8.75. The molecule has 0 aliphatic rings. The molecule has 0 amide bonds. The third-order valence-corrected chi connectivity index (χ3v) is 4.07. The molecule has 0 bridgehead atoms. The fourth-order valence-electron chi connectivity index (χ4n) is 2.90. The number of hydrogen-bond acceptors (Lipinski definition) is 2. The minimum absolute atomic E-state index is 0.154. The third-order valence-electron chi connectivity index (χ3n) is 4.07. The SMILES string of the molecule is CC(C)NC(C)C(F)CN(Cc1ccccc1)Cc1ccccc1. The first kappa shape index (κ1) is 18.6. The largest absolute Gasteiger partial charge is 0.309 e. The van der Waals surface area contributed by atoms with Gasteiger partial charge in [0.05, 0.1) is 0 Å². The van der Waals surface area contributed by atoms with E-state index < -0.39 is 6.17 Å². The van der Waals surface area contributed by atoms with Crippen molar-refractivity contribution in [3.8, 4) is 0 Å². The highest BCUT2D eigenvalue weighted by Crippen LogP contribution is 2.13. The van der Waals surface area contributed by atoms with Crippen LogP contribution in [-0.4, -0.2) is 29.7 Å². The van der Waals surface area contributed by atoms with Crippen LogP contribution in [0.2, 0.25) is 0 Å². The summed E-state index contributed by atoms with van der Waals surface area (Å²) in [5, 5.41) is 3.27. The molecule has 0 spiro atoms. The lowest BCUT2D eigenvalue weighted by atomic mass is 10.1. The summed E-state index contributed by atoms with van der Waals surface area (Å²) in [7, 11) is 0. The van der Waals surface area contributed by atoms with Crippen molar-refractivity contribution in [2.45, 2.75) is 52.1 Å². The highest BCUT2D eigenvalue weighted by atomic mass is 19.1. The van der Waals surface area contributed by atoms with Crippen molar-refractivity contribution in [3.05, 3.63) is 71.8 Å². The Morgan fingerprint density at radius 2 is 1.29 bits per heavy atom. The number of nitrogens with zero attached hydrogens (tertiary/aromatic N) is 1. The van der Waals surface area contributed by atoms with E-state index in [9.17, 15) is 4.39 Å². The van der Waals surface area contributed by atoms with Crippen molar-refractivity contribution in [2.24, 2.45) is 0 Å². The summed E-state index contributed by atoms with van der Waals surface area (Å²) in [6, 6.07) is 20.7. The van der Waals surface area contributed by atoms with Gasteiger partial charge in [0.1, 0.15) is 6.17 Å². The summed E-state index contributed by atoms with van der Waals surface area (Å²) in [5.74, 6) is 0. The van der Waals surface area contributed by atoms with Crippen molar-refractivity contribution in [2.75, 3.05) is 6.54 Å². The van der Waals surface area contributed by atoms with Gasteiger partial charge in [-0.05, 0) is 18.1 Å². The Hall–Kier alpha value is -1.71. The van der Waals surface area contributed by atoms with Crippen LogP contribution in [0.5, 0.6) is 0 Å². The van der Waals surface area contributed by atoms with Gasteiger partial charge < -0.3 is 5.32 Å². The van der Waals surface area contributed by atoms with Gasteiger partial charge in [-0.15, -0.1) is 0 Å². The molecule has 0 fully saturated rings. The molecule has 2 nitrogen and oxygen atoms in total. The third kappa shape index (κ3) is 6.42. The summed E-state index contributed by atoms with van der Waals surface area (Å²) in [6.07, 6.45) is -0.903. The summed E-state index contributed by atoms with van der Waals surface area (Å²) in [4.78, 5) is 2.19. The molecule has 0 saturated carbocycles. The maximum Gasteiger partial charge on any atom is 0.128 e. The first-order valence-corrected chi connectivity index (χ1v) is 8.75. The lowest BCUT2D eigenvalue weighted by molar-refractivity contribution is 0.148. The van der Waals surface area contributed by atoms with Crippen LogP contribution >= 0.6 is 0 Å². The van der Waals surface area contributed by atoms with Crippen LogP contribution in [-0.2, 0) is 13.1 Å². The average Bonchev–Trinajstić information content (AvgIpc) is 2.56. The molecule has 3 heteroatoms. The van der Waals surface area contributed by atoms with E-state index in [-0.39, 0.29) is 12.1 Å². The van der Waals surface area contributed by atoms with Crippen LogP contribution in [0.4, 0.5) is 4.39 Å². The van der Waals surface area contributed by atoms with Crippen molar-refractivity contribution in [1.82, 2.24) is 10.2 Å². The Labute approximate surface area is 145 Å². The molecular formula is C21H29FN2. The summed E-state index contributed by atoms with van der Waals surface area (Å²) in [5.41, 5.74) is 2.43. The van der Waals surface area contributed by atoms with Gasteiger partial charge in [-0.25, -0.2) is 4.39 Å². The van der Waals surface area contributed by atoms with E-state index in [1.165, 1.54) is 11.1 Å². The molecule has 0 saturated heterocycles. The van der Waals surface area contributed by atoms with Crippen molar-refractivity contribution in [1.29, 1.82) is 0 Å². The van der Waals surface area contributed by atoms with E-state index in [2.05, 4.69) is 48.3 Å². The van der Waals surface area contributed by atoms with Crippen LogP contribution in [0.25, 0.3) is 0 Å². The smallest absolute Gasteiger partial charge is 0.128 e. The molecular weight excluding hydrogens is 299 g/mol. The molecule has 130 valence electrons. The Balaban J connectivity index is 2.04. The Bertz CT molecular complexity index is 529. The fourth-order valence-corrected chi connectivity index (χ4v) is 2.90. The zero-order valence-electron chi connectivity index (χ0n) is 15.0. The highest BCUT2D eigenvalue weighted by Gasteiger charge is 2.20. The molecule has 2 aromatic rings. The van der Waals surface area contributed by atoms with E-state index in [1.54, 1.807) is 0 Å². The lowest BCUT2D eigenvalue weighted by Gasteiger charge is -2.28. The lowest BCUT2D eigenvalue weighted by Crippen LogP contribution is -2.44. The van der Waals surface area contributed by atoms with Crippen molar-refractivity contribution < 1.29 is 4.39 Å². The molecule has 2 atom stereocenters. The van der Waals surface area contributed by atoms with Gasteiger partial charge in [0.25, 0.3) is 0 Å². The van der Waals surface area contributed by atoms with E-state index >= 15 is 0 Å². The zero-order chi connectivity index (χ0) is 17.4. The molecule has 2 unspecified atom stereocenters. The van der Waals surface area contributed by atoms with Crippen LogP contribution in [0.1, 0.15) is 31.9 Å². The van der Waals surface area contributed by atoms with Crippen LogP contribution in [0.3, 0.4) is 0 Å². The van der Waals surface area contributed by atoms with E-state index in [1.807, 2.05) is 43.3 Å². The van der Waals surface area contributed by atoms with Crippen LogP contribution in [0, 0.1) is 0 Å². The van der Waals surface area contributed by atoms with Gasteiger partial charge in [-0.1, -0.05) is 74.5 Å². The molecule has 0 radical (unpaired) electrons. The quantitative estimate of drug-likeness (QED) is 0.733. The summed E-state index contributed by atoms with van der Waals surface area (Å²) in [6.45, 7) is 7.96. The number of hydrogen-bond donors (Lipinski definition) is 1. The average molecular weight is 328 g/mol. The zero-order valence-corrected chi connectivity index (χ0v) is 15.0. The van der Waals surface area contributed by atoms with Gasteiger partial charge in [-0.2, -0.15) is 0 Å². The molecule has 0 heterocycles. The normalized spacial score (nSPS) is 14.1. The standard InChI is InChI=1S/C21H29FN2/c1-17(2)23-18(3)21(22)16-24(14-19-10-6-4-7-11-19)15-20-12-8-5-9-13-20/h4-13,17-18,21,23H,14-16H2,1-3H3. The molecule has 2 aromatic carbocycles. The summed E-state index contributed by atoms with van der Waals surface area (Å²) >= 11 is 0. The molecule has 2 rings (SSSR count). The Kier molecular flexibility index (Phi) is 7.41. The molecule has 0 aromatic heterocycles. The molecule has 0 aliphatic carbocycles. The number of halogens is 1. The van der Waals surface area contributed by atoms with E-state index in [0.29, 0.717) is 6.54 Å². The van der Waals surface area contributed by atoms with Crippen molar-refractivity contribution >= 4 is 0 Å². The van der Waals surface area contributed by atoms with Crippen LogP contribution < -0.4 is 5.32 Å². The Morgan fingerprint density at radius 1 is 0.833 bits per heavy atom. The second-order valence-electron chi connectivity index (χ2n) is 6.77. The number of alkyl halides is 1. The van der Waals surface area contributed by atoms with Crippen molar-refractivity contribution in [3.63, 3.8) is 0 Å². The minimum atomic E-state index is -0.903. The predicted octanol–water partition coefficient (Wildman–Crippen LogP) is 4.41. The summed E-state index contributed by atoms with van der Waals surface area (Å²) < 4.78 is 14.7. The highest BCUT2D eigenvalue weighted by molar-refractivity contribution is 5.17. The van der Waals surface area contributed by atoms with Gasteiger partial charge in [0.2, 0.25) is 0 Å². The monoisotopic (exact) mass is 328 g/mol. The maximum absolute atomic E-state index is 14.7. The second-order valence-corrected chi connectivity index (χ2v) is 6.77. The van der Waals surface area contributed by atoms with E-state index in [4.69, 9.17) is 0 Å². The topological polar surface area (TPSA) is 15.3 Å². The minimum Gasteiger partial charge on any atom is -0.309 e. The molecule has 1 N–H and O–H groups in total. The van der Waals surface area contributed by atoms with Gasteiger partial charge in [-0.3, -0.25) is 4.90 Å². The maximum atomic E-state index is 14.7. The van der Waals surface area contributed by atoms with Crippen LogP contribution in [0.15, 0.2) is 60.7 Å². The van der Waals surface area contributed by atoms with Gasteiger partial charge in [0, 0.05) is 31.7 Å². The number of nitrogens with one attached hydrogen (secondary N) is 1. The molecule has 0 aliphatic heterocycles. The second kappa shape index (κ2) is 9.55. The number of benzene rings is 2. The van der Waals surface area contributed by atoms with Gasteiger partial charge >= 0.3 is 0 Å². The fraction of sp³-hybridized carbons (Fsp3) is 0.429. The molecule has 24 heavy (non-hydrogen) atoms.